The van der Waals surface area contributed by atoms with Crippen LogP contribution in [-0.4, -0.2) is 47.2 Å². The second-order valence-corrected chi connectivity index (χ2v) is 6.75. The summed E-state index contributed by atoms with van der Waals surface area (Å²) >= 11 is 23.7. The molecule has 3 unspecified atom stereocenters. The lowest BCUT2D eigenvalue weighted by molar-refractivity contribution is -0.150. The monoisotopic (exact) mass is 394 g/mol. The van der Waals surface area contributed by atoms with Crippen molar-refractivity contribution < 1.29 is 19.1 Å². The molecule has 0 amide bonds. The van der Waals surface area contributed by atoms with Crippen LogP contribution in [0.1, 0.15) is 39.0 Å². The van der Waals surface area contributed by atoms with Gasteiger partial charge < -0.3 is 9.47 Å². The van der Waals surface area contributed by atoms with Crippen LogP contribution in [0.5, 0.6) is 0 Å². The van der Waals surface area contributed by atoms with E-state index in [1.807, 2.05) is 0 Å². The second kappa shape index (κ2) is 13.5. The third-order valence-corrected chi connectivity index (χ3v) is 4.78. The largest absolute Gasteiger partial charge is 0.466 e. The molecule has 0 N–H and O–H groups in total. The number of hydrogen-bond donors (Lipinski definition) is 0. The summed E-state index contributed by atoms with van der Waals surface area (Å²) in [5.74, 6) is -0.519. The number of alkyl halides is 4. The van der Waals surface area contributed by atoms with Crippen molar-refractivity contribution in [3.8, 4) is 0 Å². The highest BCUT2D eigenvalue weighted by Gasteiger charge is 2.19. The van der Waals surface area contributed by atoms with Crippen LogP contribution in [0, 0.1) is 0 Å². The first-order valence-corrected chi connectivity index (χ1v) is 9.04. The number of esters is 2. The summed E-state index contributed by atoms with van der Waals surface area (Å²) in [5.41, 5.74) is 0. The van der Waals surface area contributed by atoms with E-state index in [2.05, 4.69) is 0 Å². The number of rotatable bonds is 12. The lowest BCUT2D eigenvalue weighted by atomic mass is 10.1. The predicted octanol–water partition coefficient (Wildman–Crippen LogP) is 4.10. The Kier molecular flexibility index (Phi) is 13.6. The molecule has 0 radical (unpaired) electrons. The van der Waals surface area contributed by atoms with Gasteiger partial charge in [-0.25, -0.2) is 0 Å². The minimum atomic E-state index is -0.495. The zero-order valence-electron chi connectivity index (χ0n) is 12.5. The van der Waals surface area contributed by atoms with Crippen molar-refractivity contribution in [2.45, 2.75) is 55.2 Å². The molecule has 0 fully saturated rings. The molecule has 0 aliphatic rings. The minimum absolute atomic E-state index is 0.000530. The van der Waals surface area contributed by atoms with Gasteiger partial charge in [0.25, 0.3) is 0 Å². The Morgan fingerprint density at radius 1 is 0.955 bits per heavy atom. The molecule has 0 spiro atoms. The third kappa shape index (κ3) is 11.6. The molecule has 0 saturated carbocycles. The first-order valence-electron chi connectivity index (χ1n) is 7.20. The summed E-state index contributed by atoms with van der Waals surface area (Å²) in [4.78, 5) is 22.6. The van der Waals surface area contributed by atoms with Crippen molar-refractivity contribution in [3.63, 3.8) is 0 Å². The molecule has 0 aliphatic carbocycles. The van der Waals surface area contributed by atoms with Gasteiger partial charge in [0.05, 0.1) is 30.2 Å². The van der Waals surface area contributed by atoms with Gasteiger partial charge in [-0.15, -0.1) is 46.4 Å². The van der Waals surface area contributed by atoms with E-state index >= 15 is 0 Å². The molecule has 0 rings (SSSR count). The van der Waals surface area contributed by atoms with Crippen molar-refractivity contribution >= 4 is 58.3 Å². The van der Waals surface area contributed by atoms with Gasteiger partial charge in [-0.3, -0.25) is 9.59 Å². The first kappa shape index (κ1) is 22.1. The fraction of sp³-hybridized carbons (Fsp3) is 0.857. The van der Waals surface area contributed by atoms with Crippen molar-refractivity contribution in [2.24, 2.45) is 0 Å². The highest BCUT2D eigenvalue weighted by molar-refractivity contribution is 6.30. The minimum Gasteiger partial charge on any atom is -0.466 e. The number of hydrogen-bond acceptors (Lipinski definition) is 4. The summed E-state index contributed by atoms with van der Waals surface area (Å²) in [6, 6.07) is 0. The van der Waals surface area contributed by atoms with E-state index in [1.54, 1.807) is 6.92 Å². The Hall–Kier alpha value is 0.1000. The van der Waals surface area contributed by atoms with Gasteiger partial charge in [-0.2, -0.15) is 0 Å². The maximum Gasteiger partial charge on any atom is 0.306 e. The molecule has 0 heterocycles. The number of carbonyl (C=O) groups is 2. The van der Waals surface area contributed by atoms with Crippen LogP contribution in [0.2, 0.25) is 0 Å². The van der Waals surface area contributed by atoms with Crippen LogP contribution >= 0.6 is 46.4 Å². The zero-order chi connectivity index (χ0) is 17.0. The molecule has 0 aromatic heterocycles. The molecular weight excluding hydrogens is 374 g/mol. The van der Waals surface area contributed by atoms with E-state index in [0.29, 0.717) is 18.9 Å². The van der Waals surface area contributed by atoms with Crippen molar-refractivity contribution in [1.82, 2.24) is 0 Å². The molecular formula is C14H22Cl4O4. The molecule has 0 bridgehead atoms. The summed E-state index contributed by atoms with van der Waals surface area (Å²) in [6.45, 7) is 2.00. The molecule has 0 aromatic rings. The van der Waals surface area contributed by atoms with Gasteiger partial charge >= 0.3 is 11.9 Å². The van der Waals surface area contributed by atoms with Gasteiger partial charge in [-0.05, 0) is 19.8 Å². The van der Waals surface area contributed by atoms with E-state index in [-0.39, 0.29) is 30.2 Å². The Bertz CT molecular complexity index is 328. The lowest BCUT2D eigenvalue weighted by Crippen LogP contribution is -2.23. The second-order valence-electron chi connectivity index (χ2n) is 4.70. The number of carbonyl (C=O) groups excluding carboxylic acids is 2. The molecule has 130 valence electrons. The topological polar surface area (TPSA) is 52.6 Å². The van der Waals surface area contributed by atoms with Crippen molar-refractivity contribution in [2.75, 3.05) is 19.1 Å². The van der Waals surface area contributed by atoms with Crippen LogP contribution in [0.15, 0.2) is 0 Å². The molecule has 0 aromatic carbocycles. The smallest absolute Gasteiger partial charge is 0.306 e. The molecule has 3 atom stereocenters. The number of halogens is 4. The van der Waals surface area contributed by atoms with E-state index < -0.39 is 17.3 Å². The highest BCUT2D eigenvalue weighted by Crippen LogP contribution is 2.19. The van der Waals surface area contributed by atoms with Crippen LogP contribution in [0.25, 0.3) is 0 Å². The van der Waals surface area contributed by atoms with Gasteiger partial charge in [0, 0.05) is 11.3 Å². The molecule has 22 heavy (non-hydrogen) atoms. The predicted molar refractivity (Wildman–Crippen MR) is 90.3 cm³/mol. The molecule has 8 heteroatoms. The summed E-state index contributed by atoms with van der Waals surface area (Å²) in [5, 5.41) is -0.878. The van der Waals surface area contributed by atoms with Crippen LogP contribution in [-0.2, 0) is 19.1 Å². The van der Waals surface area contributed by atoms with Gasteiger partial charge in [0.2, 0.25) is 0 Å². The zero-order valence-corrected chi connectivity index (χ0v) is 15.6. The maximum atomic E-state index is 11.5. The average molecular weight is 396 g/mol. The molecule has 0 aliphatic heterocycles. The standard InChI is InChI=1S/C14H22Cl4O4/c1-2-21-13(19)6-7-14(20)22-9-12(18)11(17)5-3-4-10(16)8-15/h10-12H,2-9H2,1H3. The summed E-state index contributed by atoms with van der Waals surface area (Å²) in [6.07, 6.45) is 2.20. The fourth-order valence-electron chi connectivity index (χ4n) is 1.58. The SMILES string of the molecule is CCOC(=O)CCC(=O)OCC(Cl)C(Cl)CCCC(Cl)CCl. The normalized spacial score (nSPS) is 15.0. The Morgan fingerprint density at radius 2 is 1.55 bits per heavy atom. The van der Waals surface area contributed by atoms with Gasteiger partial charge in [0.1, 0.15) is 6.61 Å². The van der Waals surface area contributed by atoms with Gasteiger partial charge in [-0.1, -0.05) is 6.42 Å². The molecule has 0 saturated heterocycles. The van der Waals surface area contributed by atoms with Gasteiger partial charge in [0.15, 0.2) is 0 Å². The molecule has 4 nitrogen and oxygen atoms in total. The van der Waals surface area contributed by atoms with E-state index in [4.69, 9.17) is 55.9 Å². The van der Waals surface area contributed by atoms with Crippen molar-refractivity contribution in [3.05, 3.63) is 0 Å². The average Bonchev–Trinajstić information content (AvgIpc) is 2.50. The van der Waals surface area contributed by atoms with Crippen LogP contribution < -0.4 is 0 Å². The Labute approximate surface area is 151 Å². The third-order valence-electron chi connectivity index (χ3n) is 2.80. The Morgan fingerprint density at radius 3 is 2.09 bits per heavy atom. The Balaban J connectivity index is 3.79. The highest BCUT2D eigenvalue weighted by atomic mass is 35.5. The van der Waals surface area contributed by atoms with Crippen LogP contribution in [0.4, 0.5) is 0 Å². The van der Waals surface area contributed by atoms with E-state index in [9.17, 15) is 9.59 Å². The maximum absolute atomic E-state index is 11.5. The summed E-state index contributed by atoms with van der Waals surface area (Å²) in [7, 11) is 0. The number of ether oxygens (including phenoxy) is 2. The quantitative estimate of drug-likeness (QED) is 0.368. The fourth-order valence-corrected chi connectivity index (χ4v) is 2.30. The summed E-state index contributed by atoms with van der Waals surface area (Å²) < 4.78 is 9.71. The lowest BCUT2D eigenvalue weighted by Gasteiger charge is -2.16. The van der Waals surface area contributed by atoms with Crippen LogP contribution in [0.3, 0.4) is 0 Å². The van der Waals surface area contributed by atoms with E-state index in [1.165, 1.54) is 0 Å². The van der Waals surface area contributed by atoms with Crippen molar-refractivity contribution in [1.29, 1.82) is 0 Å². The van der Waals surface area contributed by atoms with E-state index in [0.717, 1.165) is 12.8 Å². The first-order chi connectivity index (χ1) is 10.4.